The fourth-order valence-corrected chi connectivity index (χ4v) is 4.57. The number of nitrogens with zero attached hydrogens (tertiary/aromatic N) is 3. The molecule has 2 atom stereocenters. The highest BCUT2D eigenvalue weighted by Crippen LogP contribution is 2.42. The summed E-state index contributed by atoms with van der Waals surface area (Å²) in [6.07, 6.45) is 0.996. The van der Waals surface area contributed by atoms with Crippen LogP contribution in [-0.4, -0.2) is 69.4 Å². The number of aliphatic imine (C=N–C) groups is 2. The SMILES string of the molecule is CCOc1cc2c(cc1OC)C(c1ccc(C(=O)NC(N)=NC)cc1)=NC1CCN(C)CC21. The molecule has 33 heavy (non-hydrogen) atoms. The van der Waals surface area contributed by atoms with Crippen molar-refractivity contribution in [2.75, 3.05) is 40.9 Å². The van der Waals surface area contributed by atoms with Crippen LogP contribution in [0.4, 0.5) is 0 Å². The minimum absolute atomic E-state index is 0.0835. The van der Waals surface area contributed by atoms with Crippen molar-refractivity contribution in [1.29, 1.82) is 0 Å². The van der Waals surface area contributed by atoms with Crippen molar-refractivity contribution in [3.8, 4) is 11.5 Å². The third-order valence-electron chi connectivity index (χ3n) is 6.27. The Morgan fingerprint density at radius 1 is 1.27 bits per heavy atom. The maximum absolute atomic E-state index is 12.4. The molecule has 0 saturated carbocycles. The molecule has 3 N–H and O–H groups in total. The standard InChI is InChI=1S/C25H31N5O3/c1-5-33-22-12-17-18(13-21(22)32-4)23(28-20-10-11-30(3)14-19(17)20)15-6-8-16(9-7-15)24(31)29-25(26)27-2/h6-9,12-13,19-20H,5,10-11,14H2,1-4H3,(H3,26,27,29,31). The molecular weight excluding hydrogens is 418 g/mol. The highest BCUT2D eigenvalue weighted by molar-refractivity contribution is 6.15. The maximum atomic E-state index is 12.4. The smallest absolute Gasteiger partial charge is 0.257 e. The van der Waals surface area contributed by atoms with Gasteiger partial charge in [-0.1, -0.05) is 12.1 Å². The average molecular weight is 450 g/mol. The molecule has 0 radical (unpaired) electrons. The Balaban J connectivity index is 1.75. The number of carbonyl (C=O) groups is 1. The Morgan fingerprint density at radius 3 is 2.70 bits per heavy atom. The lowest BCUT2D eigenvalue weighted by Gasteiger charge is -2.39. The number of nitrogens with two attached hydrogens (primary N) is 1. The van der Waals surface area contributed by atoms with E-state index in [1.54, 1.807) is 19.2 Å². The summed E-state index contributed by atoms with van der Waals surface area (Å²) in [5, 5.41) is 2.56. The molecule has 0 bridgehead atoms. The molecule has 174 valence electrons. The molecule has 8 heteroatoms. The second kappa shape index (κ2) is 9.62. The van der Waals surface area contributed by atoms with Crippen molar-refractivity contribution in [3.63, 3.8) is 0 Å². The molecule has 2 heterocycles. The van der Waals surface area contributed by atoms with Gasteiger partial charge in [0.2, 0.25) is 0 Å². The largest absolute Gasteiger partial charge is 0.493 e. The van der Waals surface area contributed by atoms with Crippen LogP contribution in [0.3, 0.4) is 0 Å². The quantitative estimate of drug-likeness (QED) is 0.539. The average Bonchev–Trinajstić information content (AvgIpc) is 2.83. The summed E-state index contributed by atoms with van der Waals surface area (Å²) < 4.78 is 11.5. The fraction of sp³-hybridized carbons (Fsp3) is 0.400. The van der Waals surface area contributed by atoms with Crippen LogP contribution in [0.5, 0.6) is 11.5 Å². The van der Waals surface area contributed by atoms with E-state index >= 15 is 0 Å². The van der Waals surface area contributed by atoms with Gasteiger partial charge in [-0.2, -0.15) is 0 Å². The predicted octanol–water partition coefficient (Wildman–Crippen LogP) is 2.41. The normalized spacial score (nSPS) is 20.4. The predicted molar refractivity (Wildman–Crippen MR) is 130 cm³/mol. The van der Waals surface area contributed by atoms with Crippen molar-refractivity contribution in [3.05, 3.63) is 58.7 Å². The number of likely N-dealkylation sites (N-methyl/N-ethyl adjacent to an activating group) is 1. The maximum Gasteiger partial charge on any atom is 0.257 e. The molecule has 4 rings (SSSR count). The number of hydrogen-bond acceptors (Lipinski definition) is 6. The minimum atomic E-state index is -0.297. The first kappa shape index (κ1) is 22.8. The van der Waals surface area contributed by atoms with E-state index in [2.05, 4.69) is 28.3 Å². The number of carbonyl (C=O) groups excluding carboxylic acids is 1. The van der Waals surface area contributed by atoms with Gasteiger partial charge >= 0.3 is 0 Å². The van der Waals surface area contributed by atoms with Gasteiger partial charge < -0.3 is 20.1 Å². The van der Waals surface area contributed by atoms with Crippen LogP contribution < -0.4 is 20.5 Å². The number of guanidine groups is 1. The second-order valence-corrected chi connectivity index (χ2v) is 8.37. The van der Waals surface area contributed by atoms with E-state index in [1.165, 1.54) is 12.6 Å². The van der Waals surface area contributed by atoms with Gasteiger partial charge in [-0.3, -0.25) is 20.1 Å². The minimum Gasteiger partial charge on any atom is -0.493 e. The summed E-state index contributed by atoms with van der Waals surface area (Å²) in [5.74, 6) is 1.54. The first-order valence-electron chi connectivity index (χ1n) is 11.2. The molecule has 1 saturated heterocycles. The second-order valence-electron chi connectivity index (χ2n) is 8.37. The number of fused-ring (bicyclic) bond motifs is 3. The van der Waals surface area contributed by atoms with Crippen LogP contribution in [0.25, 0.3) is 0 Å². The van der Waals surface area contributed by atoms with Crippen molar-refractivity contribution < 1.29 is 14.3 Å². The fourth-order valence-electron chi connectivity index (χ4n) is 4.57. The zero-order valence-electron chi connectivity index (χ0n) is 19.6. The third-order valence-corrected chi connectivity index (χ3v) is 6.27. The lowest BCUT2D eigenvalue weighted by molar-refractivity contribution is 0.0976. The molecule has 2 aromatic carbocycles. The Bertz CT molecular complexity index is 1090. The summed E-state index contributed by atoms with van der Waals surface area (Å²) in [6.45, 7) is 4.51. The van der Waals surface area contributed by atoms with Gasteiger partial charge in [0.1, 0.15) is 0 Å². The number of piperidine rings is 1. The Hall–Kier alpha value is -3.39. The monoisotopic (exact) mass is 449 g/mol. The summed E-state index contributed by atoms with van der Waals surface area (Å²) in [6, 6.07) is 11.8. The van der Waals surface area contributed by atoms with Gasteiger partial charge in [0.15, 0.2) is 17.5 Å². The zero-order chi connectivity index (χ0) is 23.5. The number of hydrogen-bond donors (Lipinski definition) is 2. The van der Waals surface area contributed by atoms with Crippen LogP contribution in [0.1, 0.15) is 46.3 Å². The number of rotatable bonds is 5. The Kier molecular flexibility index (Phi) is 6.65. The summed E-state index contributed by atoms with van der Waals surface area (Å²) in [7, 11) is 5.33. The van der Waals surface area contributed by atoms with Gasteiger partial charge in [0, 0.05) is 36.2 Å². The van der Waals surface area contributed by atoms with E-state index in [4.69, 9.17) is 20.2 Å². The molecule has 1 fully saturated rings. The van der Waals surface area contributed by atoms with Crippen molar-refractivity contribution >= 4 is 17.6 Å². The van der Waals surface area contributed by atoms with Crippen LogP contribution in [-0.2, 0) is 0 Å². The molecule has 2 unspecified atom stereocenters. The first-order chi connectivity index (χ1) is 15.9. The topological polar surface area (TPSA) is 102 Å². The summed E-state index contributed by atoms with van der Waals surface area (Å²) in [5.41, 5.74) is 10.3. The third kappa shape index (κ3) is 4.57. The lowest BCUT2D eigenvalue weighted by Crippen LogP contribution is -2.41. The lowest BCUT2D eigenvalue weighted by atomic mass is 9.79. The van der Waals surface area contributed by atoms with Crippen molar-refractivity contribution in [1.82, 2.24) is 10.2 Å². The number of nitrogens with one attached hydrogen (secondary N) is 1. The van der Waals surface area contributed by atoms with Gasteiger partial charge in [-0.15, -0.1) is 0 Å². The van der Waals surface area contributed by atoms with Crippen molar-refractivity contribution in [2.24, 2.45) is 15.7 Å². The van der Waals surface area contributed by atoms with Crippen LogP contribution >= 0.6 is 0 Å². The van der Waals surface area contributed by atoms with Crippen LogP contribution in [0.2, 0.25) is 0 Å². The molecule has 0 aromatic heterocycles. The van der Waals surface area contributed by atoms with E-state index in [1.807, 2.05) is 25.1 Å². The number of ether oxygens (including phenoxy) is 2. The molecule has 2 aliphatic rings. The van der Waals surface area contributed by atoms with Crippen LogP contribution in [0, 0.1) is 0 Å². The zero-order valence-corrected chi connectivity index (χ0v) is 19.6. The number of benzene rings is 2. The summed E-state index contributed by atoms with van der Waals surface area (Å²) >= 11 is 0. The molecule has 8 nitrogen and oxygen atoms in total. The molecule has 0 aliphatic carbocycles. The van der Waals surface area contributed by atoms with Gasteiger partial charge in [-0.05, 0) is 56.8 Å². The Labute approximate surface area is 194 Å². The van der Waals surface area contributed by atoms with Gasteiger partial charge in [0.25, 0.3) is 5.91 Å². The van der Waals surface area contributed by atoms with E-state index in [9.17, 15) is 4.79 Å². The first-order valence-corrected chi connectivity index (χ1v) is 11.2. The van der Waals surface area contributed by atoms with Crippen LogP contribution in [0.15, 0.2) is 46.4 Å². The molecule has 0 spiro atoms. The van der Waals surface area contributed by atoms with Gasteiger partial charge in [0.05, 0.1) is 25.5 Å². The van der Waals surface area contributed by atoms with E-state index in [0.717, 1.165) is 42.1 Å². The number of methoxy groups -OCH3 is 1. The highest BCUT2D eigenvalue weighted by atomic mass is 16.5. The van der Waals surface area contributed by atoms with E-state index in [-0.39, 0.29) is 17.9 Å². The number of amides is 1. The molecule has 2 aliphatic heterocycles. The van der Waals surface area contributed by atoms with Gasteiger partial charge in [-0.25, -0.2) is 0 Å². The molecular formula is C25H31N5O3. The summed E-state index contributed by atoms with van der Waals surface area (Å²) in [4.78, 5) is 23.7. The molecule has 2 aromatic rings. The highest BCUT2D eigenvalue weighted by Gasteiger charge is 2.36. The van der Waals surface area contributed by atoms with E-state index < -0.39 is 0 Å². The van der Waals surface area contributed by atoms with E-state index in [0.29, 0.717) is 23.8 Å². The van der Waals surface area contributed by atoms with Crippen molar-refractivity contribution in [2.45, 2.75) is 25.3 Å². The number of likely N-dealkylation sites (tertiary alicyclic amines) is 1. The Morgan fingerprint density at radius 2 is 2.03 bits per heavy atom. The molecule has 1 amide bonds.